The van der Waals surface area contributed by atoms with Crippen molar-refractivity contribution in [2.24, 2.45) is 5.92 Å². The predicted molar refractivity (Wildman–Crippen MR) is 72.5 cm³/mol. The smallest absolute Gasteiger partial charge is 0.223 e. The molecule has 0 saturated carbocycles. The Morgan fingerprint density at radius 2 is 2.06 bits per heavy atom. The lowest BCUT2D eigenvalue weighted by Gasteiger charge is -2.19. The summed E-state index contributed by atoms with van der Waals surface area (Å²) in [5.41, 5.74) is 0.946. The first kappa shape index (κ1) is 12.1. The number of rotatable bonds is 4. The highest BCUT2D eigenvalue weighted by Gasteiger charge is 2.12. The van der Waals surface area contributed by atoms with Crippen molar-refractivity contribution in [1.82, 2.24) is 9.97 Å². The van der Waals surface area contributed by atoms with Crippen LogP contribution in [0.15, 0.2) is 30.5 Å². The molecule has 2 aromatic rings. The van der Waals surface area contributed by atoms with Crippen LogP contribution in [0.25, 0.3) is 10.9 Å². The summed E-state index contributed by atoms with van der Waals surface area (Å²) >= 11 is 5.91. The molecular weight excluding hydrogens is 234 g/mol. The molecule has 0 spiro atoms. The van der Waals surface area contributed by atoms with Gasteiger partial charge < -0.3 is 5.32 Å². The zero-order chi connectivity index (χ0) is 12.3. The highest BCUT2D eigenvalue weighted by Crippen LogP contribution is 2.14. The second-order valence-electron chi connectivity index (χ2n) is 4.40. The maximum absolute atomic E-state index is 5.91. The fourth-order valence-electron chi connectivity index (χ4n) is 1.59. The third kappa shape index (κ3) is 2.86. The van der Waals surface area contributed by atoms with Crippen molar-refractivity contribution in [3.05, 3.63) is 30.5 Å². The molecule has 0 radical (unpaired) electrons. The maximum Gasteiger partial charge on any atom is 0.223 e. The number of benzene rings is 1. The van der Waals surface area contributed by atoms with Crippen molar-refractivity contribution in [3.63, 3.8) is 0 Å². The van der Waals surface area contributed by atoms with Crippen molar-refractivity contribution >= 4 is 28.5 Å². The van der Waals surface area contributed by atoms with Crippen LogP contribution >= 0.6 is 11.6 Å². The molecule has 17 heavy (non-hydrogen) atoms. The van der Waals surface area contributed by atoms with E-state index in [1.165, 1.54) is 0 Å². The van der Waals surface area contributed by atoms with E-state index in [9.17, 15) is 0 Å². The maximum atomic E-state index is 5.91. The van der Waals surface area contributed by atoms with E-state index in [4.69, 9.17) is 11.6 Å². The predicted octanol–water partition coefficient (Wildman–Crippen LogP) is 3.31. The lowest BCUT2D eigenvalue weighted by Crippen LogP contribution is -2.28. The van der Waals surface area contributed by atoms with Gasteiger partial charge in [0.2, 0.25) is 5.95 Å². The van der Waals surface area contributed by atoms with Crippen molar-refractivity contribution in [1.29, 1.82) is 0 Å². The average Bonchev–Trinajstić information content (AvgIpc) is 2.35. The van der Waals surface area contributed by atoms with Gasteiger partial charge in [0.25, 0.3) is 0 Å². The summed E-state index contributed by atoms with van der Waals surface area (Å²) in [5.74, 6) is 1.64. The SMILES string of the molecule is CC(C)C(CCl)Nc1ncc2ccccc2n1. The molecule has 0 bridgehead atoms. The zero-order valence-electron chi connectivity index (χ0n) is 10.0. The van der Waals surface area contributed by atoms with Crippen LogP contribution in [0.2, 0.25) is 0 Å². The molecule has 1 heterocycles. The van der Waals surface area contributed by atoms with Crippen LogP contribution in [0.4, 0.5) is 5.95 Å². The van der Waals surface area contributed by atoms with Crippen LogP contribution < -0.4 is 5.32 Å². The van der Waals surface area contributed by atoms with Crippen molar-refractivity contribution in [2.75, 3.05) is 11.2 Å². The van der Waals surface area contributed by atoms with Gasteiger partial charge in [0.05, 0.1) is 5.52 Å². The lowest BCUT2D eigenvalue weighted by molar-refractivity contribution is 0.561. The van der Waals surface area contributed by atoms with Crippen LogP contribution in [-0.4, -0.2) is 21.9 Å². The largest absolute Gasteiger partial charge is 0.350 e. The van der Waals surface area contributed by atoms with Crippen molar-refractivity contribution in [3.8, 4) is 0 Å². The number of aromatic nitrogens is 2. The minimum Gasteiger partial charge on any atom is -0.350 e. The van der Waals surface area contributed by atoms with Gasteiger partial charge in [0.15, 0.2) is 0 Å². The summed E-state index contributed by atoms with van der Waals surface area (Å²) in [6, 6.07) is 8.13. The summed E-state index contributed by atoms with van der Waals surface area (Å²) in [4.78, 5) is 8.76. The molecular formula is C13H16ClN3. The number of hydrogen-bond acceptors (Lipinski definition) is 3. The standard InChI is InChI=1S/C13H16ClN3/c1-9(2)12(7-14)17-13-15-8-10-5-3-4-6-11(10)16-13/h3-6,8-9,12H,7H2,1-2H3,(H,15,16,17). The molecule has 1 aromatic carbocycles. The van der Waals surface area contributed by atoms with E-state index in [1.54, 1.807) is 0 Å². The van der Waals surface area contributed by atoms with E-state index in [2.05, 4.69) is 29.1 Å². The highest BCUT2D eigenvalue weighted by molar-refractivity contribution is 6.18. The van der Waals surface area contributed by atoms with E-state index >= 15 is 0 Å². The summed E-state index contributed by atoms with van der Waals surface area (Å²) in [7, 11) is 0. The van der Waals surface area contributed by atoms with Crippen LogP contribution in [-0.2, 0) is 0 Å². The molecule has 0 saturated heterocycles. The third-order valence-electron chi connectivity index (χ3n) is 2.77. The number of halogens is 1. The van der Waals surface area contributed by atoms with Gasteiger partial charge in [-0.2, -0.15) is 0 Å². The molecule has 90 valence electrons. The quantitative estimate of drug-likeness (QED) is 0.845. The van der Waals surface area contributed by atoms with Crippen LogP contribution in [0.3, 0.4) is 0 Å². The first-order valence-corrected chi connectivity index (χ1v) is 6.28. The summed E-state index contributed by atoms with van der Waals surface area (Å²) < 4.78 is 0. The topological polar surface area (TPSA) is 37.8 Å². The van der Waals surface area contributed by atoms with E-state index < -0.39 is 0 Å². The van der Waals surface area contributed by atoms with Gasteiger partial charge >= 0.3 is 0 Å². The Labute approximate surface area is 106 Å². The number of fused-ring (bicyclic) bond motifs is 1. The van der Waals surface area contributed by atoms with E-state index in [1.807, 2.05) is 30.5 Å². The van der Waals surface area contributed by atoms with Crippen LogP contribution in [0, 0.1) is 5.92 Å². The fourth-order valence-corrected chi connectivity index (χ4v) is 2.02. The first-order valence-electron chi connectivity index (χ1n) is 5.75. The van der Waals surface area contributed by atoms with Gasteiger partial charge in [-0.3, -0.25) is 0 Å². The van der Waals surface area contributed by atoms with Gasteiger partial charge in [-0.1, -0.05) is 32.0 Å². The molecule has 0 amide bonds. The van der Waals surface area contributed by atoms with Gasteiger partial charge in [-0.25, -0.2) is 9.97 Å². The second-order valence-corrected chi connectivity index (χ2v) is 4.71. The minimum absolute atomic E-state index is 0.192. The minimum atomic E-state index is 0.192. The Bertz CT molecular complexity index is 499. The van der Waals surface area contributed by atoms with Crippen LogP contribution in [0.1, 0.15) is 13.8 Å². The van der Waals surface area contributed by atoms with Gasteiger partial charge in [-0.15, -0.1) is 11.6 Å². The summed E-state index contributed by atoms with van der Waals surface area (Å²) in [6.07, 6.45) is 1.83. The normalized spacial score (nSPS) is 12.9. The van der Waals surface area contributed by atoms with Gasteiger partial charge in [-0.05, 0) is 12.0 Å². The number of alkyl halides is 1. The Kier molecular flexibility index (Phi) is 3.79. The lowest BCUT2D eigenvalue weighted by atomic mass is 10.1. The average molecular weight is 250 g/mol. The molecule has 0 aliphatic rings. The van der Waals surface area contributed by atoms with Crippen molar-refractivity contribution < 1.29 is 0 Å². The summed E-state index contributed by atoms with van der Waals surface area (Å²) in [6.45, 7) is 4.25. The monoisotopic (exact) mass is 249 g/mol. The number of para-hydroxylation sites is 1. The molecule has 1 N–H and O–H groups in total. The first-order chi connectivity index (χ1) is 8.20. The molecule has 0 aliphatic carbocycles. The van der Waals surface area contributed by atoms with Gasteiger partial charge in [0, 0.05) is 23.5 Å². The van der Waals surface area contributed by atoms with Crippen molar-refractivity contribution in [2.45, 2.75) is 19.9 Å². The van der Waals surface area contributed by atoms with E-state index in [0.29, 0.717) is 17.7 Å². The number of anilines is 1. The Balaban J connectivity index is 2.24. The fraction of sp³-hybridized carbons (Fsp3) is 0.385. The number of hydrogen-bond donors (Lipinski definition) is 1. The molecule has 1 unspecified atom stereocenters. The molecule has 1 atom stereocenters. The number of nitrogens with zero attached hydrogens (tertiary/aromatic N) is 2. The van der Waals surface area contributed by atoms with Crippen LogP contribution in [0.5, 0.6) is 0 Å². The van der Waals surface area contributed by atoms with Gasteiger partial charge in [0.1, 0.15) is 0 Å². The highest BCUT2D eigenvalue weighted by atomic mass is 35.5. The molecule has 0 aliphatic heterocycles. The second kappa shape index (κ2) is 5.32. The molecule has 1 aromatic heterocycles. The Morgan fingerprint density at radius 1 is 1.29 bits per heavy atom. The summed E-state index contributed by atoms with van der Waals surface area (Å²) in [5, 5.41) is 4.31. The molecule has 0 fully saturated rings. The van der Waals surface area contributed by atoms with E-state index in [-0.39, 0.29) is 6.04 Å². The molecule has 4 heteroatoms. The Morgan fingerprint density at radius 3 is 2.76 bits per heavy atom. The van der Waals surface area contributed by atoms with E-state index in [0.717, 1.165) is 10.9 Å². The number of nitrogens with one attached hydrogen (secondary N) is 1. The zero-order valence-corrected chi connectivity index (χ0v) is 10.8. The molecule has 2 rings (SSSR count). The third-order valence-corrected chi connectivity index (χ3v) is 3.11. The Hall–Kier alpha value is -1.35. The molecule has 3 nitrogen and oxygen atoms in total.